The maximum atomic E-state index is 12.7. The molecule has 6 heteroatoms. The van der Waals surface area contributed by atoms with Crippen molar-refractivity contribution in [2.24, 2.45) is 0 Å². The second kappa shape index (κ2) is 6.97. The van der Waals surface area contributed by atoms with Crippen LogP contribution in [0.3, 0.4) is 0 Å². The maximum Gasteiger partial charge on any atom is 0.326 e. The van der Waals surface area contributed by atoms with Gasteiger partial charge in [0.25, 0.3) is 5.91 Å². The lowest BCUT2D eigenvalue weighted by Gasteiger charge is -2.15. The molecule has 1 aromatic heterocycles. The number of methoxy groups -OCH3 is 1. The van der Waals surface area contributed by atoms with E-state index in [0.29, 0.717) is 11.5 Å². The third-order valence-electron chi connectivity index (χ3n) is 4.19. The van der Waals surface area contributed by atoms with Gasteiger partial charge in [0.15, 0.2) is 0 Å². The molecular formula is C18H20N2O4. The van der Waals surface area contributed by atoms with Crippen molar-refractivity contribution in [1.29, 1.82) is 0 Å². The Hall–Kier alpha value is -2.47. The fourth-order valence-electron chi connectivity index (χ4n) is 2.70. The Labute approximate surface area is 139 Å². The number of benzene rings is 1. The van der Waals surface area contributed by atoms with Crippen molar-refractivity contribution in [3.8, 4) is 0 Å². The summed E-state index contributed by atoms with van der Waals surface area (Å²) in [7, 11) is 1.50. The lowest BCUT2D eigenvalue weighted by Crippen LogP contribution is -2.41. The number of amides is 1. The van der Waals surface area contributed by atoms with Crippen LogP contribution in [0.25, 0.3) is 10.9 Å². The number of carboxylic acid groups (broad SMARTS) is 1. The molecule has 1 atom stereocenters. The standard InChI is InChI=1S/C18H20N2O4/c1-24-9-8-15(18(22)23)20-17(21)13-10-16(11-6-7-11)19-14-5-3-2-4-12(13)14/h2-5,10-11,15H,6-9H2,1H3,(H,20,21)(H,22,23). The Morgan fingerprint density at radius 1 is 1.38 bits per heavy atom. The van der Waals surface area contributed by atoms with Gasteiger partial charge in [0.2, 0.25) is 0 Å². The molecule has 0 spiro atoms. The molecule has 0 aliphatic heterocycles. The number of aliphatic carboxylic acids is 1. The summed E-state index contributed by atoms with van der Waals surface area (Å²) in [6.07, 6.45) is 2.38. The average Bonchev–Trinajstić information content (AvgIpc) is 3.42. The summed E-state index contributed by atoms with van der Waals surface area (Å²) in [6.45, 7) is 0.266. The van der Waals surface area contributed by atoms with Crippen LogP contribution in [0.1, 0.15) is 41.2 Å². The van der Waals surface area contributed by atoms with Crippen molar-refractivity contribution in [3.63, 3.8) is 0 Å². The van der Waals surface area contributed by atoms with E-state index in [2.05, 4.69) is 10.3 Å². The van der Waals surface area contributed by atoms with Crippen molar-refractivity contribution in [1.82, 2.24) is 10.3 Å². The summed E-state index contributed by atoms with van der Waals surface area (Å²) in [5.41, 5.74) is 2.14. The van der Waals surface area contributed by atoms with Gasteiger partial charge < -0.3 is 15.2 Å². The first-order chi connectivity index (χ1) is 11.6. The Morgan fingerprint density at radius 2 is 2.12 bits per heavy atom. The number of para-hydroxylation sites is 1. The first kappa shape index (κ1) is 16.4. The topological polar surface area (TPSA) is 88.5 Å². The number of ether oxygens (including phenoxy) is 1. The molecule has 2 N–H and O–H groups in total. The van der Waals surface area contributed by atoms with Crippen LogP contribution in [0.5, 0.6) is 0 Å². The zero-order valence-electron chi connectivity index (χ0n) is 13.5. The average molecular weight is 328 g/mol. The van der Waals surface area contributed by atoms with Gasteiger partial charge in [0.05, 0.1) is 11.1 Å². The van der Waals surface area contributed by atoms with Crippen LogP contribution in [0, 0.1) is 0 Å². The normalized spacial score (nSPS) is 15.2. The minimum absolute atomic E-state index is 0.218. The molecule has 1 heterocycles. The summed E-state index contributed by atoms with van der Waals surface area (Å²) in [4.78, 5) is 28.7. The first-order valence-corrected chi connectivity index (χ1v) is 8.02. The fourth-order valence-corrected chi connectivity index (χ4v) is 2.70. The molecule has 1 aliphatic rings. The Kier molecular flexibility index (Phi) is 4.76. The van der Waals surface area contributed by atoms with E-state index in [1.165, 1.54) is 7.11 Å². The number of hydrogen-bond donors (Lipinski definition) is 2. The number of hydrogen-bond acceptors (Lipinski definition) is 4. The van der Waals surface area contributed by atoms with Gasteiger partial charge >= 0.3 is 5.97 Å². The van der Waals surface area contributed by atoms with Gasteiger partial charge in [-0.1, -0.05) is 18.2 Å². The second-order valence-electron chi connectivity index (χ2n) is 6.03. The third kappa shape index (κ3) is 3.54. The van der Waals surface area contributed by atoms with Gasteiger partial charge in [0.1, 0.15) is 6.04 Å². The molecule has 3 rings (SSSR count). The van der Waals surface area contributed by atoms with Crippen LogP contribution in [-0.2, 0) is 9.53 Å². The summed E-state index contributed by atoms with van der Waals surface area (Å²) in [6, 6.07) is 8.25. The fraction of sp³-hybridized carbons (Fsp3) is 0.389. The van der Waals surface area contributed by atoms with Crippen molar-refractivity contribution in [2.75, 3.05) is 13.7 Å². The Morgan fingerprint density at radius 3 is 2.79 bits per heavy atom. The highest BCUT2D eigenvalue weighted by molar-refractivity contribution is 6.07. The molecule has 0 bridgehead atoms. The molecule has 126 valence electrons. The third-order valence-corrected chi connectivity index (χ3v) is 4.19. The highest BCUT2D eigenvalue weighted by atomic mass is 16.5. The SMILES string of the molecule is COCCC(NC(=O)c1cc(C2CC2)nc2ccccc12)C(=O)O. The van der Waals surface area contributed by atoms with Crippen LogP contribution in [0.2, 0.25) is 0 Å². The van der Waals surface area contributed by atoms with Crippen LogP contribution in [-0.4, -0.2) is 41.7 Å². The number of fused-ring (bicyclic) bond motifs is 1. The second-order valence-corrected chi connectivity index (χ2v) is 6.03. The van der Waals surface area contributed by atoms with Crippen molar-refractivity contribution in [3.05, 3.63) is 41.6 Å². The molecule has 1 aromatic carbocycles. The van der Waals surface area contributed by atoms with Crippen LogP contribution in [0.4, 0.5) is 0 Å². The molecule has 1 aliphatic carbocycles. The van der Waals surface area contributed by atoms with Crippen molar-refractivity contribution in [2.45, 2.75) is 31.2 Å². The lowest BCUT2D eigenvalue weighted by molar-refractivity contribution is -0.139. The zero-order valence-corrected chi connectivity index (χ0v) is 13.5. The minimum Gasteiger partial charge on any atom is -0.480 e. The molecule has 1 amide bonds. The van der Waals surface area contributed by atoms with E-state index in [9.17, 15) is 14.7 Å². The largest absolute Gasteiger partial charge is 0.480 e. The van der Waals surface area contributed by atoms with Crippen molar-refractivity contribution >= 4 is 22.8 Å². The number of nitrogens with zero attached hydrogens (tertiary/aromatic N) is 1. The zero-order chi connectivity index (χ0) is 17.1. The quantitative estimate of drug-likeness (QED) is 0.814. The monoisotopic (exact) mass is 328 g/mol. The Bertz CT molecular complexity index is 771. The summed E-state index contributed by atoms with van der Waals surface area (Å²) >= 11 is 0. The molecule has 1 unspecified atom stereocenters. The summed E-state index contributed by atoms with van der Waals surface area (Å²) < 4.78 is 4.91. The summed E-state index contributed by atoms with van der Waals surface area (Å²) in [5.74, 6) is -1.05. The number of aromatic nitrogens is 1. The number of carboxylic acids is 1. The molecule has 1 fully saturated rings. The number of nitrogens with one attached hydrogen (secondary N) is 1. The molecule has 1 saturated carbocycles. The molecule has 0 radical (unpaired) electrons. The molecule has 2 aromatic rings. The highest BCUT2D eigenvalue weighted by Gasteiger charge is 2.28. The van der Waals surface area contributed by atoms with Gasteiger partial charge in [-0.05, 0) is 25.0 Å². The van der Waals surface area contributed by atoms with Gasteiger partial charge in [0, 0.05) is 37.1 Å². The van der Waals surface area contributed by atoms with Gasteiger partial charge in [-0.3, -0.25) is 9.78 Å². The van der Waals surface area contributed by atoms with E-state index < -0.39 is 12.0 Å². The van der Waals surface area contributed by atoms with Crippen LogP contribution in [0.15, 0.2) is 30.3 Å². The number of carbonyl (C=O) groups excluding carboxylic acids is 1. The lowest BCUT2D eigenvalue weighted by atomic mass is 10.0. The highest BCUT2D eigenvalue weighted by Crippen LogP contribution is 2.40. The molecular weight excluding hydrogens is 308 g/mol. The van der Waals surface area contributed by atoms with E-state index in [1.54, 1.807) is 6.07 Å². The van der Waals surface area contributed by atoms with E-state index in [0.717, 1.165) is 29.4 Å². The minimum atomic E-state index is -1.07. The van der Waals surface area contributed by atoms with E-state index in [4.69, 9.17) is 4.74 Å². The Balaban J connectivity index is 1.91. The van der Waals surface area contributed by atoms with Gasteiger partial charge in [-0.15, -0.1) is 0 Å². The molecule has 0 saturated heterocycles. The van der Waals surface area contributed by atoms with Crippen LogP contribution < -0.4 is 5.32 Å². The predicted octanol–water partition coefficient (Wildman–Crippen LogP) is 2.33. The van der Waals surface area contributed by atoms with Crippen LogP contribution >= 0.6 is 0 Å². The number of rotatable bonds is 7. The number of carbonyl (C=O) groups is 2. The first-order valence-electron chi connectivity index (χ1n) is 8.02. The van der Waals surface area contributed by atoms with Gasteiger partial charge in [-0.2, -0.15) is 0 Å². The smallest absolute Gasteiger partial charge is 0.326 e. The number of pyridine rings is 1. The summed E-state index contributed by atoms with van der Waals surface area (Å²) in [5, 5.41) is 12.6. The maximum absolute atomic E-state index is 12.7. The van der Waals surface area contributed by atoms with Gasteiger partial charge in [-0.25, -0.2) is 4.79 Å². The van der Waals surface area contributed by atoms with Crippen molar-refractivity contribution < 1.29 is 19.4 Å². The van der Waals surface area contributed by atoms with E-state index in [1.807, 2.05) is 24.3 Å². The predicted molar refractivity (Wildman–Crippen MR) is 89.1 cm³/mol. The van der Waals surface area contributed by atoms with E-state index in [-0.39, 0.29) is 18.9 Å². The van der Waals surface area contributed by atoms with E-state index >= 15 is 0 Å². The molecule has 6 nitrogen and oxygen atoms in total. The molecule has 24 heavy (non-hydrogen) atoms.